The maximum Gasteiger partial charge on any atom is 0.416 e. The van der Waals surface area contributed by atoms with Gasteiger partial charge in [0.1, 0.15) is 5.75 Å². The van der Waals surface area contributed by atoms with Crippen LogP contribution in [0.5, 0.6) is 5.75 Å². The van der Waals surface area contributed by atoms with Crippen molar-refractivity contribution in [2.24, 2.45) is 0 Å². The van der Waals surface area contributed by atoms with E-state index in [1.807, 2.05) is 17.0 Å². The van der Waals surface area contributed by atoms with Gasteiger partial charge >= 0.3 is 6.18 Å². The SMILES string of the molecule is O=C(c1ccc2ccccc2c1O)N1CCN(c2cccc(C(F)(F)F)c2)CC1. The normalized spacial score (nSPS) is 15.0. The van der Waals surface area contributed by atoms with Crippen LogP contribution in [0.1, 0.15) is 15.9 Å². The van der Waals surface area contributed by atoms with Crippen molar-refractivity contribution < 1.29 is 23.1 Å². The lowest BCUT2D eigenvalue weighted by Gasteiger charge is -2.36. The molecule has 3 aromatic carbocycles. The first kappa shape index (κ1) is 19.1. The van der Waals surface area contributed by atoms with E-state index in [9.17, 15) is 23.1 Å². The van der Waals surface area contributed by atoms with E-state index in [0.717, 1.165) is 17.5 Å². The number of phenols is 1. The molecule has 1 aliphatic heterocycles. The molecule has 1 saturated heterocycles. The fraction of sp³-hybridized carbons (Fsp3) is 0.227. The number of halogens is 3. The van der Waals surface area contributed by atoms with Gasteiger partial charge in [0.25, 0.3) is 5.91 Å². The molecule has 0 aliphatic carbocycles. The number of aromatic hydroxyl groups is 1. The predicted molar refractivity (Wildman–Crippen MR) is 105 cm³/mol. The highest BCUT2D eigenvalue weighted by Crippen LogP contribution is 2.32. The number of alkyl halides is 3. The number of piperazine rings is 1. The number of amides is 1. The quantitative estimate of drug-likeness (QED) is 0.688. The Balaban J connectivity index is 1.49. The Morgan fingerprint density at radius 3 is 2.34 bits per heavy atom. The zero-order valence-electron chi connectivity index (χ0n) is 15.5. The van der Waals surface area contributed by atoms with Gasteiger partial charge in [0.2, 0.25) is 0 Å². The number of fused-ring (bicyclic) bond motifs is 1. The van der Waals surface area contributed by atoms with Crippen molar-refractivity contribution in [3.8, 4) is 5.75 Å². The van der Waals surface area contributed by atoms with Gasteiger partial charge in [-0.05, 0) is 29.7 Å². The van der Waals surface area contributed by atoms with Crippen LogP contribution in [0.2, 0.25) is 0 Å². The van der Waals surface area contributed by atoms with Gasteiger partial charge < -0.3 is 14.9 Å². The summed E-state index contributed by atoms with van der Waals surface area (Å²) in [6.45, 7) is 1.56. The zero-order valence-corrected chi connectivity index (χ0v) is 15.5. The van der Waals surface area contributed by atoms with Gasteiger partial charge in [0.05, 0.1) is 11.1 Å². The lowest BCUT2D eigenvalue weighted by molar-refractivity contribution is -0.137. The highest BCUT2D eigenvalue weighted by molar-refractivity contribution is 6.03. The maximum absolute atomic E-state index is 12.9. The minimum absolute atomic E-state index is 0.0478. The van der Waals surface area contributed by atoms with Crippen molar-refractivity contribution in [3.63, 3.8) is 0 Å². The van der Waals surface area contributed by atoms with Crippen molar-refractivity contribution in [1.82, 2.24) is 4.90 Å². The molecule has 0 bridgehead atoms. The molecule has 1 heterocycles. The van der Waals surface area contributed by atoms with E-state index >= 15 is 0 Å². The average molecular weight is 400 g/mol. The van der Waals surface area contributed by atoms with Crippen LogP contribution in [0.4, 0.5) is 18.9 Å². The summed E-state index contributed by atoms with van der Waals surface area (Å²) < 4.78 is 38.8. The number of anilines is 1. The summed E-state index contributed by atoms with van der Waals surface area (Å²) in [6.07, 6.45) is -4.39. The summed E-state index contributed by atoms with van der Waals surface area (Å²) in [5.74, 6) is -0.328. The molecule has 1 amide bonds. The molecule has 0 atom stereocenters. The van der Waals surface area contributed by atoms with Crippen molar-refractivity contribution in [2.75, 3.05) is 31.1 Å². The standard InChI is InChI=1S/C22H19F3N2O2/c23-22(24,25)16-5-3-6-17(14-16)26-10-12-27(13-11-26)21(29)19-9-8-15-4-1-2-7-18(15)20(19)28/h1-9,14,28H,10-13H2. The van der Waals surface area contributed by atoms with E-state index in [1.54, 1.807) is 35.2 Å². The third-order valence-electron chi connectivity index (χ3n) is 5.24. The number of nitrogens with zero attached hydrogens (tertiary/aromatic N) is 2. The minimum atomic E-state index is -4.39. The van der Waals surface area contributed by atoms with Crippen LogP contribution in [0.15, 0.2) is 60.7 Å². The van der Waals surface area contributed by atoms with Crippen molar-refractivity contribution in [3.05, 3.63) is 71.8 Å². The van der Waals surface area contributed by atoms with Crippen LogP contribution >= 0.6 is 0 Å². The van der Waals surface area contributed by atoms with Crippen LogP contribution in [-0.2, 0) is 6.18 Å². The van der Waals surface area contributed by atoms with E-state index in [2.05, 4.69) is 0 Å². The first-order valence-electron chi connectivity index (χ1n) is 9.27. The molecule has 29 heavy (non-hydrogen) atoms. The number of rotatable bonds is 2. The van der Waals surface area contributed by atoms with E-state index in [1.165, 1.54) is 6.07 Å². The molecule has 4 nitrogen and oxygen atoms in total. The molecule has 0 aromatic heterocycles. The number of carbonyl (C=O) groups is 1. The molecule has 1 N–H and O–H groups in total. The van der Waals surface area contributed by atoms with Gasteiger partial charge in [-0.2, -0.15) is 13.2 Å². The second-order valence-electron chi connectivity index (χ2n) is 7.01. The molecule has 7 heteroatoms. The molecule has 1 fully saturated rings. The van der Waals surface area contributed by atoms with Gasteiger partial charge in [0.15, 0.2) is 0 Å². The van der Waals surface area contributed by atoms with Gasteiger partial charge in [-0.15, -0.1) is 0 Å². The molecule has 1 aliphatic rings. The van der Waals surface area contributed by atoms with E-state index in [-0.39, 0.29) is 17.2 Å². The van der Waals surface area contributed by atoms with Crippen LogP contribution in [-0.4, -0.2) is 42.1 Å². The smallest absolute Gasteiger partial charge is 0.416 e. The summed E-state index contributed by atoms with van der Waals surface area (Å²) in [6, 6.07) is 15.9. The second kappa shape index (κ2) is 7.31. The Morgan fingerprint density at radius 2 is 1.62 bits per heavy atom. The Bertz CT molecular complexity index is 1060. The molecule has 150 valence electrons. The number of hydrogen-bond acceptors (Lipinski definition) is 3. The number of carbonyl (C=O) groups excluding carboxylic acids is 1. The van der Waals surface area contributed by atoms with Crippen LogP contribution < -0.4 is 4.90 Å². The Morgan fingerprint density at radius 1 is 0.897 bits per heavy atom. The predicted octanol–water partition coefficient (Wildman–Crippen LogP) is 4.53. The van der Waals surface area contributed by atoms with E-state index < -0.39 is 11.7 Å². The fourth-order valence-electron chi connectivity index (χ4n) is 3.64. The third kappa shape index (κ3) is 3.72. The Kier molecular flexibility index (Phi) is 4.82. The van der Waals surface area contributed by atoms with Crippen molar-refractivity contribution in [1.29, 1.82) is 0 Å². The van der Waals surface area contributed by atoms with Crippen molar-refractivity contribution in [2.45, 2.75) is 6.18 Å². The van der Waals surface area contributed by atoms with Gasteiger partial charge in [-0.3, -0.25) is 4.79 Å². The molecule has 0 saturated carbocycles. The third-order valence-corrected chi connectivity index (χ3v) is 5.24. The molecule has 0 spiro atoms. The second-order valence-corrected chi connectivity index (χ2v) is 7.01. The monoisotopic (exact) mass is 400 g/mol. The van der Waals surface area contributed by atoms with Gasteiger partial charge in [-0.1, -0.05) is 36.4 Å². The Labute approximate surface area is 165 Å². The molecular formula is C22H19F3N2O2. The summed E-state index contributed by atoms with van der Waals surface area (Å²) in [5, 5.41) is 12.0. The average Bonchev–Trinajstić information content (AvgIpc) is 2.73. The summed E-state index contributed by atoms with van der Waals surface area (Å²) in [4.78, 5) is 16.3. The number of benzene rings is 3. The maximum atomic E-state index is 12.9. The van der Waals surface area contributed by atoms with E-state index in [0.29, 0.717) is 37.3 Å². The highest BCUT2D eigenvalue weighted by Gasteiger charge is 2.31. The minimum Gasteiger partial charge on any atom is -0.506 e. The largest absolute Gasteiger partial charge is 0.506 e. The lowest BCUT2D eigenvalue weighted by Crippen LogP contribution is -2.48. The summed E-state index contributed by atoms with van der Waals surface area (Å²) in [7, 11) is 0. The fourth-order valence-corrected chi connectivity index (χ4v) is 3.64. The number of phenolic OH excluding ortho intramolecular Hbond substituents is 1. The molecule has 0 radical (unpaired) electrons. The summed E-state index contributed by atoms with van der Waals surface area (Å²) >= 11 is 0. The topological polar surface area (TPSA) is 43.8 Å². The zero-order chi connectivity index (χ0) is 20.6. The molecular weight excluding hydrogens is 381 g/mol. The van der Waals surface area contributed by atoms with Gasteiger partial charge in [0, 0.05) is 37.3 Å². The highest BCUT2D eigenvalue weighted by atomic mass is 19.4. The van der Waals surface area contributed by atoms with Crippen molar-refractivity contribution >= 4 is 22.4 Å². The summed E-state index contributed by atoms with van der Waals surface area (Å²) in [5.41, 5.74) is 0.0336. The molecule has 0 unspecified atom stereocenters. The van der Waals surface area contributed by atoms with Gasteiger partial charge in [-0.25, -0.2) is 0 Å². The first-order chi connectivity index (χ1) is 13.8. The first-order valence-corrected chi connectivity index (χ1v) is 9.27. The van der Waals surface area contributed by atoms with Crippen LogP contribution in [0.3, 0.4) is 0 Å². The number of hydrogen-bond donors (Lipinski definition) is 1. The Hall–Kier alpha value is -3.22. The van der Waals surface area contributed by atoms with Crippen LogP contribution in [0, 0.1) is 0 Å². The molecule has 4 rings (SSSR count). The van der Waals surface area contributed by atoms with Crippen LogP contribution in [0.25, 0.3) is 10.8 Å². The van der Waals surface area contributed by atoms with E-state index in [4.69, 9.17) is 0 Å². The molecule has 3 aromatic rings. The lowest BCUT2D eigenvalue weighted by atomic mass is 10.0.